The van der Waals surface area contributed by atoms with Crippen LogP contribution in [-0.2, 0) is 15.1 Å². The molecule has 0 aromatic heterocycles. The number of nitrogens with zero attached hydrogens (tertiary/aromatic N) is 1. The summed E-state index contributed by atoms with van der Waals surface area (Å²) in [6.45, 7) is 2.63. The fourth-order valence-corrected chi connectivity index (χ4v) is 2.89. The Morgan fingerprint density at radius 1 is 1.15 bits per heavy atom. The third-order valence-electron chi connectivity index (χ3n) is 4.39. The van der Waals surface area contributed by atoms with Crippen LogP contribution in [0.3, 0.4) is 0 Å². The van der Waals surface area contributed by atoms with Gasteiger partial charge in [0.1, 0.15) is 23.7 Å². The molecule has 4 amide bonds. The van der Waals surface area contributed by atoms with Gasteiger partial charge in [0.15, 0.2) is 0 Å². The minimum Gasteiger partial charge on any atom is -0.322 e. The van der Waals surface area contributed by atoms with Crippen LogP contribution in [0.1, 0.15) is 18.1 Å². The number of imide groups is 1. The number of nitrogens with one attached hydrogen (secondary N) is 2. The molecular formula is C19H17F2N3O3. The van der Waals surface area contributed by atoms with Gasteiger partial charge < -0.3 is 10.6 Å². The molecule has 6 nitrogen and oxygen atoms in total. The van der Waals surface area contributed by atoms with E-state index in [9.17, 15) is 23.2 Å². The number of hydrogen-bond acceptors (Lipinski definition) is 3. The summed E-state index contributed by atoms with van der Waals surface area (Å²) < 4.78 is 26.9. The van der Waals surface area contributed by atoms with Crippen molar-refractivity contribution in [2.45, 2.75) is 19.4 Å². The predicted molar refractivity (Wildman–Crippen MR) is 93.8 cm³/mol. The molecular weight excluding hydrogens is 356 g/mol. The van der Waals surface area contributed by atoms with E-state index in [1.165, 1.54) is 43.3 Å². The minimum atomic E-state index is -1.42. The molecule has 2 N–H and O–H groups in total. The lowest BCUT2D eigenvalue weighted by Crippen LogP contribution is -2.42. The van der Waals surface area contributed by atoms with Gasteiger partial charge in [0, 0.05) is 0 Å². The molecule has 1 atom stereocenters. The smallest absolute Gasteiger partial charge is 0.322 e. The standard InChI is InChI=1S/C19H17F2N3O3/c1-11-3-8-14(21)15(9-11)22-16(25)10-24-17(26)19(2,23-18(24)27)12-4-6-13(20)7-5-12/h3-9H,10H2,1-2H3,(H,22,25)(H,23,27). The van der Waals surface area contributed by atoms with E-state index in [-0.39, 0.29) is 5.69 Å². The number of hydrogen-bond donors (Lipinski definition) is 2. The summed E-state index contributed by atoms with van der Waals surface area (Å²) in [6.07, 6.45) is 0. The fraction of sp³-hybridized carbons (Fsp3) is 0.211. The SMILES string of the molecule is Cc1ccc(F)c(NC(=O)CN2C(=O)NC(C)(c3ccc(F)cc3)C2=O)c1. The highest BCUT2D eigenvalue weighted by atomic mass is 19.1. The molecule has 0 radical (unpaired) electrons. The number of aryl methyl sites for hydroxylation is 1. The second-order valence-electron chi connectivity index (χ2n) is 6.48. The van der Waals surface area contributed by atoms with Crippen LogP contribution in [0, 0.1) is 18.6 Å². The first-order chi connectivity index (χ1) is 12.7. The van der Waals surface area contributed by atoms with Crippen LogP contribution in [0.25, 0.3) is 0 Å². The van der Waals surface area contributed by atoms with Crippen molar-refractivity contribution in [2.24, 2.45) is 0 Å². The average Bonchev–Trinajstić information content (AvgIpc) is 2.83. The van der Waals surface area contributed by atoms with Gasteiger partial charge in [-0.1, -0.05) is 18.2 Å². The van der Waals surface area contributed by atoms with Gasteiger partial charge in [0.2, 0.25) is 5.91 Å². The van der Waals surface area contributed by atoms with Crippen LogP contribution < -0.4 is 10.6 Å². The molecule has 1 aliphatic rings. The maximum absolute atomic E-state index is 13.8. The lowest BCUT2D eigenvalue weighted by Gasteiger charge is -2.22. The Balaban J connectivity index is 1.76. The number of urea groups is 1. The molecule has 0 spiro atoms. The molecule has 27 heavy (non-hydrogen) atoms. The third-order valence-corrected chi connectivity index (χ3v) is 4.39. The van der Waals surface area contributed by atoms with Gasteiger partial charge in [-0.25, -0.2) is 13.6 Å². The first-order valence-corrected chi connectivity index (χ1v) is 8.17. The van der Waals surface area contributed by atoms with Crippen molar-refractivity contribution in [2.75, 3.05) is 11.9 Å². The Morgan fingerprint density at radius 3 is 2.48 bits per heavy atom. The fourth-order valence-electron chi connectivity index (χ4n) is 2.89. The summed E-state index contributed by atoms with van der Waals surface area (Å²) in [6, 6.07) is 8.58. The van der Waals surface area contributed by atoms with E-state index in [1.807, 2.05) is 0 Å². The van der Waals surface area contributed by atoms with Crippen LogP contribution >= 0.6 is 0 Å². The highest BCUT2D eigenvalue weighted by Gasteiger charge is 2.49. The minimum absolute atomic E-state index is 0.0339. The van der Waals surface area contributed by atoms with Crippen LogP contribution in [0.4, 0.5) is 19.3 Å². The first-order valence-electron chi connectivity index (χ1n) is 8.17. The summed E-state index contributed by atoms with van der Waals surface area (Å²) in [5.74, 6) is -2.47. The lowest BCUT2D eigenvalue weighted by atomic mass is 9.92. The molecule has 0 bridgehead atoms. The topological polar surface area (TPSA) is 78.5 Å². The average molecular weight is 373 g/mol. The van der Waals surface area contributed by atoms with E-state index >= 15 is 0 Å². The summed E-state index contributed by atoms with van der Waals surface area (Å²) in [7, 11) is 0. The first kappa shape index (κ1) is 18.5. The van der Waals surface area contributed by atoms with Crippen LogP contribution in [0.5, 0.6) is 0 Å². The maximum atomic E-state index is 13.8. The highest BCUT2D eigenvalue weighted by Crippen LogP contribution is 2.29. The van der Waals surface area contributed by atoms with E-state index in [2.05, 4.69) is 10.6 Å². The molecule has 2 aromatic rings. The van der Waals surface area contributed by atoms with Gasteiger partial charge in [-0.05, 0) is 49.2 Å². The van der Waals surface area contributed by atoms with Gasteiger partial charge in [0.05, 0.1) is 5.69 Å². The zero-order valence-electron chi connectivity index (χ0n) is 14.7. The molecule has 3 rings (SSSR count). The van der Waals surface area contributed by atoms with Crippen LogP contribution in [0.15, 0.2) is 42.5 Å². The molecule has 1 aliphatic heterocycles. The van der Waals surface area contributed by atoms with E-state index < -0.39 is 41.6 Å². The Bertz CT molecular complexity index is 930. The van der Waals surface area contributed by atoms with Crippen LogP contribution in [0.2, 0.25) is 0 Å². The van der Waals surface area contributed by atoms with Crippen molar-refractivity contribution in [1.29, 1.82) is 0 Å². The third kappa shape index (κ3) is 3.51. The molecule has 140 valence electrons. The normalized spacial score (nSPS) is 19.2. The van der Waals surface area contributed by atoms with E-state index in [4.69, 9.17) is 0 Å². The largest absolute Gasteiger partial charge is 0.325 e. The predicted octanol–water partition coefficient (Wildman–Crippen LogP) is 2.68. The van der Waals surface area contributed by atoms with Gasteiger partial charge in [-0.15, -0.1) is 0 Å². The van der Waals surface area contributed by atoms with Crippen molar-refractivity contribution in [3.63, 3.8) is 0 Å². The van der Waals surface area contributed by atoms with Crippen molar-refractivity contribution in [3.05, 3.63) is 65.2 Å². The number of anilines is 1. The molecule has 2 aromatic carbocycles. The van der Waals surface area contributed by atoms with Crippen molar-refractivity contribution < 1.29 is 23.2 Å². The summed E-state index contributed by atoms with van der Waals surface area (Å²) in [4.78, 5) is 37.9. The second-order valence-corrected chi connectivity index (χ2v) is 6.48. The highest BCUT2D eigenvalue weighted by molar-refractivity contribution is 6.10. The zero-order chi connectivity index (χ0) is 19.8. The molecule has 1 unspecified atom stereocenters. The summed E-state index contributed by atoms with van der Waals surface area (Å²) >= 11 is 0. The lowest BCUT2D eigenvalue weighted by molar-refractivity contribution is -0.133. The number of carbonyl (C=O) groups excluding carboxylic acids is 3. The van der Waals surface area contributed by atoms with Crippen molar-refractivity contribution in [1.82, 2.24) is 10.2 Å². The van der Waals surface area contributed by atoms with Gasteiger partial charge in [-0.3, -0.25) is 14.5 Å². The molecule has 0 saturated carbocycles. The van der Waals surface area contributed by atoms with Gasteiger partial charge >= 0.3 is 6.03 Å². The van der Waals surface area contributed by atoms with E-state index in [0.29, 0.717) is 5.56 Å². The van der Waals surface area contributed by atoms with Crippen molar-refractivity contribution >= 4 is 23.5 Å². The number of benzene rings is 2. The van der Waals surface area contributed by atoms with E-state index in [0.717, 1.165) is 10.5 Å². The summed E-state index contributed by atoms with van der Waals surface area (Å²) in [5, 5.41) is 4.87. The van der Waals surface area contributed by atoms with E-state index in [1.54, 1.807) is 13.0 Å². The van der Waals surface area contributed by atoms with Crippen molar-refractivity contribution in [3.8, 4) is 0 Å². The summed E-state index contributed by atoms with van der Waals surface area (Å²) in [5.41, 5.74) is -0.326. The Hall–Kier alpha value is -3.29. The molecule has 8 heteroatoms. The second kappa shape index (κ2) is 6.79. The quantitative estimate of drug-likeness (QED) is 0.809. The monoisotopic (exact) mass is 373 g/mol. The molecule has 1 saturated heterocycles. The van der Waals surface area contributed by atoms with Gasteiger partial charge in [0.25, 0.3) is 5.91 Å². The van der Waals surface area contributed by atoms with Gasteiger partial charge in [-0.2, -0.15) is 0 Å². The number of rotatable bonds is 4. The molecule has 1 fully saturated rings. The molecule has 0 aliphatic carbocycles. The number of halogens is 2. The number of carbonyl (C=O) groups is 3. The Morgan fingerprint density at radius 2 is 1.81 bits per heavy atom. The maximum Gasteiger partial charge on any atom is 0.325 e. The zero-order valence-corrected chi connectivity index (χ0v) is 14.7. The molecule has 1 heterocycles. The Kier molecular flexibility index (Phi) is 4.65. The Labute approximate surface area is 154 Å². The number of amides is 4. The van der Waals surface area contributed by atoms with Crippen LogP contribution in [-0.4, -0.2) is 29.3 Å².